The van der Waals surface area contributed by atoms with Crippen molar-refractivity contribution in [2.75, 3.05) is 31.0 Å². The van der Waals surface area contributed by atoms with Gasteiger partial charge in [0.05, 0.1) is 25.5 Å². The van der Waals surface area contributed by atoms with Gasteiger partial charge in [-0.3, -0.25) is 5.32 Å². The number of hydrogen-bond acceptors (Lipinski definition) is 11. The molecule has 2 heterocycles. The van der Waals surface area contributed by atoms with E-state index in [1.165, 1.54) is 20.3 Å². The molecule has 0 saturated heterocycles. The van der Waals surface area contributed by atoms with Gasteiger partial charge >= 0.3 is 0 Å². The molecule has 2 aromatic rings. The SMILES string of the molecule is COc1ccc(OC)c(C2N=C(NC#N)Nc3nc(N)c(C#N)c(N)c32)c1O. The van der Waals surface area contributed by atoms with E-state index >= 15 is 0 Å². The fraction of sp³-hybridized carbons (Fsp3) is 0.176. The van der Waals surface area contributed by atoms with Gasteiger partial charge < -0.3 is 31.4 Å². The van der Waals surface area contributed by atoms with E-state index in [4.69, 9.17) is 26.2 Å². The average Bonchev–Trinajstić information content (AvgIpc) is 2.67. The average molecular weight is 380 g/mol. The Morgan fingerprint density at radius 2 is 1.86 bits per heavy atom. The van der Waals surface area contributed by atoms with Crippen LogP contribution in [0.4, 0.5) is 17.3 Å². The summed E-state index contributed by atoms with van der Waals surface area (Å²) in [6, 6.07) is 4.07. The van der Waals surface area contributed by atoms with Gasteiger partial charge in [-0.1, -0.05) is 0 Å². The van der Waals surface area contributed by atoms with E-state index in [-0.39, 0.29) is 45.9 Å². The van der Waals surface area contributed by atoms with Crippen LogP contribution in [0.3, 0.4) is 0 Å². The third kappa shape index (κ3) is 2.77. The monoisotopic (exact) mass is 380 g/mol. The molecule has 11 nitrogen and oxygen atoms in total. The molecule has 1 atom stereocenters. The lowest BCUT2D eigenvalue weighted by atomic mass is 9.93. The summed E-state index contributed by atoms with van der Waals surface area (Å²) < 4.78 is 10.5. The Morgan fingerprint density at radius 1 is 1.18 bits per heavy atom. The van der Waals surface area contributed by atoms with Crippen molar-refractivity contribution in [1.82, 2.24) is 10.3 Å². The van der Waals surface area contributed by atoms with E-state index in [1.54, 1.807) is 12.3 Å². The second-order valence-corrected chi connectivity index (χ2v) is 5.63. The number of phenolic OH excluding ortho intramolecular Hbond substituents is 1. The molecule has 28 heavy (non-hydrogen) atoms. The van der Waals surface area contributed by atoms with Crippen molar-refractivity contribution >= 4 is 23.3 Å². The largest absolute Gasteiger partial charge is 0.504 e. The van der Waals surface area contributed by atoms with E-state index in [2.05, 4.69) is 20.6 Å². The van der Waals surface area contributed by atoms with Crippen molar-refractivity contribution in [1.29, 1.82) is 10.5 Å². The number of pyridine rings is 1. The Balaban J connectivity index is 2.36. The topological polar surface area (TPSA) is 188 Å². The molecular weight excluding hydrogens is 364 g/mol. The predicted octanol–water partition coefficient (Wildman–Crippen LogP) is 0.782. The summed E-state index contributed by atoms with van der Waals surface area (Å²) in [6.45, 7) is 0. The van der Waals surface area contributed by atoms with Crippen molar-refractivity contribution in [2.24, 2.45) is 4.99 Å². The Morgan fingerprint density at radius 3 is 2.46 bits per heavy atom. The number of benzene rings is 1. The van der Waals surface area contributed by atoms with Crippen molar-refractivity contribution in [3.05, 3.63) is 28.8 Å². The molecule has 0 amide bonds. The lowest BCUT2D eigenvalue weighted by molar-refractivity contribution is 0.358. The molecule has 1 unspecified atom stereocenters. The van der Waals surface area contributed by atoms with E-state index in [0.29, 0.717) is 11.3 Å². The van der Waals surface area contributed by atoms with Gasteiger partial charge in [-0.25, -0.2) is 9.98 Å². The number of ether oxygens (including phenoxy) is 2. The first-order chi connectivity index (χ1) is 13.5. The third-order valence-corrected chi connectivity index (χ3v) is 4.21. The quantitative estimate of drug-likeness (QED) is 0.376. The Bertz CT molecular complexity index is 1070. The van der Waals surface area contributed by atoms with Gasteiger partial charge in [0.2, 0.25) is 5.96 Å². The Kier molecular flexibility index (Phi) is 4.66. The molecule has 0 saturated carbocycles. The molecule has 3 rings (SSSR count). The highest BCUT2D eigenvalue weighted by atomic mass is 16.5. The Hall–Kier alpha value is -4.38. The number of rotatable bonds is 3. The summed E-state index contributed by atoms with van der Waals surface area (Å²) >= 11 is 0. The van der Waals surface area contributed by atoms with Crippen LogP contribution in [0.5, 0.6) is 17.2 Å². The molecule has 1 aliphatic heterocycles. The van der Waals surface area contributed by atoms with Crippen LogP contribution in [0.15, 0.2) is 17.1 Å². The predicted molar refractivity (Wildman–Crippen MR) is 101 cm³/mol. The zero-order chi connectivity index (χ0) is 20.4. The van der Waals surface area contributed by atoms with E-state index in [9.17, 15) is 10.4 Å². The van der Waals surface area contributed by atoms with Crippen LogP contribution in [0.25, 0.3) is 0 Å². The second kappa shape index (κ2) is 7.09. The molecular formula is C17H16N8O3. The molecule has 11 heteroatoms. The normalized spacial score (nSPS) is 14.6. The number of phenols is 1. The number of nitrogen functional groups attached to an aromatic ring is 2. The summed E-state index contributed by atoms with van der Waals surface area (Å²) in [7, 11) is 2.83. The molecule has 0 radical (unpaired) electrons. The van der Waals surface area contributed by atoms with Gasteiger partial charge in [0.25, 0.3) is 0 Å². The number of methoxy groups -OCH3 is 2. The van der Waals surface area contributed by atoms with Crippen LogP contribution in [0, 0.1) is 22.8 Å². The number of guanidine groups is 1. The summed E-state index contributed by atoms with van der Waals surface area (Å²) in [4.78, 5) is 8.56. The lowest BCUT2D eigenvalue weighted by Gasteiger charge is -2.27. The first kappa shape index (κ1) is 18.4. The number of nitrogens with one attached hydrogen (secondary N) is 2. The molecule has 1 aromatic heterocycles. The van der Waals surface area contributed by atoms with Gasteiger partial charge in [0.1, 0.15) is 35.1 Å². The van der Waals surface area contributed by atoms with Gasteiger partial charge in [0.15, 0.2) is 17.7 Å². The molecule has 1 aliphatic rings. The molecule has 7 N–H and O–H groups in total. The van der Waals surface area contributed by atoms with Gasteiger partial charge in [0, 0.05) is 5.56 Å². The highest BCUT2D eigenvalue weighted by Crippen LogP contribution is 2.48. The fourth-order valence-corrected chi connectivity index (χ4v) is 2.97. The Labute approximate surface area is 159 Å². The van der Waals surface area contributed by atoms with Crippen molar-refractivity contribution in [3.63, 3.8) is 0 Å². The number of nitriles is 2. The summed E-state index contributed by atoms with van der Waals surface area (Å²) in [5.74, 6) is 0.421. The zero-order valence-electron chi connectivity index (χ0n) is 14.9. The number of nitrogens with two attached hydrogens (primary N) is 2. The molecule has 142 valence electrons. The number of aromatic hydroxyl groups is 1. The zero-order valence-corrected chi connectivity index (χ0v) is 14.9. The number of nitrogens with zero attached hydrogens (tertiary/aromatic N) is 4. The minimum atomic E-state index is -0.961. The van der Waals surface area contributed by atoms with Crippen LogP contribution in [-0.4, -0.2) is 30.3 Å². The van der Waals surface area contributed by atoms with Crippen LogP contribution in [-0.2, 0) is 0 Å². The second-order valence-electron chi connectivity index (χ2n) is 5.63. The van der Waals surface area contributed by atoms with E-state index < -0.39 is 6.04 Å². The van der Waals surface area contributed by atoms with Crippen LogP contribution in [0.2, 0.25) is 0 Å². The number of anilines is 3. The maximum Gasteiger partial charge on any atom is 0.211 e. The summed E-state index contributed by atoms with van der Waals surface area (Å²) in [5, 5.41) is 34.3. The minimum Gasteiger partial charge on any atom is -0.504 e. The lowest BCUT2D eigenvalue weighted by Crippen LogP contribution is -2.33. The van der Waals surface area contributed by atoms with Crippen LogP contribution in [0.1, 0.15) is 22.7 Å². The number of aliphatic imine (C=N–C) groups is 1. The first-order valence-electron chi connectivity index (χ1n) is 7.89. The standard InChI is InChI=1S/C17H16N8O3/c1-27-8-3-4-9(28-2)14(26)10(8)13-11-12(20)7(5-18)15(21)24-16(11)25-17(23-13)22-6-19/h3-4,13,26H,1-2H3,(H6,20,21,22,23,24,25). The van der Waals surface area contributed by atoms with Crippen molar-refractivity contribution in [2.45, 2.75) is 6.04 Å². The smallest absolute Gasteiger partial charge is 0.211 e. The van der Waals surface area contributed by atoms with E-state index in [1.807, 2.05) is 6.07 Å². The number of fused-ring (bicyclic) bond motifs is 1. The molecule has 0 bridgehead atoms. The highest BCUT2D eigenvalue weighted by molar-refractivity contribution is 5.98. The van der Waals surface area contributed by atoms with Gasteiger partial charge in [-0.2, -0.15) is 10.5 Å². The molecule has 0 fully saturated rings. The fourth-order valence-electron chi connectivity index (χ4n) is 2.97. The summed E-state index contributed by atoms with van der Waals surface area (Å²) in [5.41, 5.74) is 12.6. The first-order valence-corrected chi connectivity index (χ1v) is 7.89. The van der Waals surface area contributed by atoms with E-state index in [0.717, 1.165) is 0 Å². The minimum absolute atomic E-state index is 0.0150. The van der Waals surface area contributed by atoms with Crippen molar-refractivity contribution < 1.29 is 14.6 Å². The van der Waals surface area contributed by atoms with Crippen LogP contribution < -0.4 is 31.6 Å². The van der Waals surface area contributed by atoms with Gasteiger partial charge in [-0.05, 0) is 12.1 Å². The highest BCUT2D eigenvalue weighted by Gasteiger charge is 2.34. The summed E-state index contributed by atoms with van der Waals surface area (Å²) in [6.07, 6.45) is 1.75. The maximum atomic E-state index is 10.7. The maximum absolute atomic E-state index is 10.7. The number of hydrogen-bond donors (Lipinski definition) is 5. The molecule has 0 aliphatic carbocycles. The van der Waals surface area contributed by atoms with Gasteiger partial charge in [-0.15, -0.1) is 0 Å². The van der Waals surface area contributed by atoms with Crippen LogP contribution >= 0.6 is 0 Å². The van der Waals surface area contributed by atoms with Crippen molar-refractivity contribution in [3.8, 4) is 29.5 Å². The molecule has 0 spiro atoms. The molecule has 1 aromatic carbocycles. The number of aromatic nitrogens is 1. The third-order valence-electron chi connectivity index (χ3n) is 4.21.